The van der Waals surface area contributed by atoms with Gasteiger partial charge in [-0.15, -0.1) is 0 Å². The van der Waals surface area contributed by atoms with Gasteiger partial charge in [-0.3, -0.25) is 0 Å². The van der Waals surface area contributed by atoms with E-state index in [1.165, 1.54) is 31.2 Å². The number of benzene rings is 1. The van der Waals surface area contributed by atoms with Crippen molar-refractivity contribution in [1.82, 2.24) is 15.1 Å². The Hall–Kier alpha value is -3.08. The number of amides is 2. The highest BCUT2D eigenvalue weighted by Gasteiger charge is 2.41. The zero-order chi connectivity index (χ0) is 22.6. The number of rotatable bonds is 5. The molecule has 3 rings (SSSR count). The molecule has 1 aliphatic rings. The fraction of sp³-hybridized carbons (Fsp3) is 0.450. The molecular weight excluding hydrogens is 417 g/mol. The number of nitrogens with zero attached hydrogens (tertiary/aromatic N) is 2. The molecule has 1 aromatic heterocycles. The topological polar surface area (TPSA) is 105 Å². The molecule has 3 N–H and O–H groups in total. The summed E-state index contributed by atoms with van der Waals surface area (Å²) in [6, 6.07) is 4.65. The fourth-order valence-corrected chi connectivity index (χ4v) is 3.48. The van der Waals surface area contributed by atoms with Gasteiger partial charge in [0.2, 0.25) is 0 Å². The Kier molecular flexibility index (Phi) is 6.84. The molecule has 0 spiro atoms. The van der Waals surface area contributed by atoms with Crippen molar-refractivity contribution in [2.24, 2.45) is 0 Å². The van der Waals surface area contributed by atoms with E-state index in [0.29, 0.717) is 23.2 Å². The van der Waals surface area contributed by atoms with E-state index in [1.807, 2.05) is 0 Å². The number of aromatic nitrogens is 2. The monoisotopic (exact) mass is 440 g/mol. The predicted octanol–water partition coefficient (Wildman–Crippen LogP) is 3.49. The van der Waals surface area contributed by atoms with Crippen molar-refractivity contribution in [1.29, 1.82) is 0 Å². The summed E-state index contributed by atoms with van der Waals surface area (Å²) < 4.78 is 46.0. The van der Waals surface area contributed by atoms with Gasteiger partial charge in [-0.1, -0.05) is 12.8 Å². The number of alkyl halides is 3. The molecule has 1 fully saturated rings. The maximum Gasteiger partial charge on any atom is 0.434 e. The predicted molar refractivity (Wildman–Crippen MR) is 105 cm³/mol. The molecule has 2 amide bonds. The average Bonchev–Trinajstić information content (AvgIpc) is 3.16. The van der Waals surface area contributed by atoms with E-state index < -0.39 is 35.5 Å². The van der Waals surface area contributed by atoms with Crippen molar-refractivity contribution >= 4 is 17.7 Å². The molecule has 0 radical (unpaired) electrons. The highest BCUT2D eigenvalue weighted by Crippen LogP contribution is 2.34. The van der Waals surface area contributed by atoms with Gasteiger partial charge in [0, 0.05) is 5.69 Å². The maximum atomic E-state index is 13.6. The third-order valence-corrected chi connectivity index (χ3v) is 4.95. The van der Waals surface area contributed by atoms with Gasteiger partial charge >= 0.3 is 18.2 Å². The van der Waals surface area contributed by atoms with E-state index in [1.54, 1.807) is 0 Å². The number of ether oxygens (including phenoxy) is 1. The zero-order valence-corrected chi connectivity index (χ0v) is 16.8. The lowest BCUT2D eigenvalue weighted by Gasteiger charge is -2.28. The number of urea groups is 1. The second kappa shape index (κ2) is 9.38. The molecule has 2 unspecified atom stereocenters. The van der Waals surface area contributed by atoms with Gasteiger partial charge in [0.05, 0.1) is 30.6 Å². The number of hydrogen-bond donors (Lipinski definition) is 3. The van der Waals surface area contributed by atoms with Crippen LogP contribution < -0.4 is 10.6 Å². The van der Waals surface area contributed by atoms with Gasteiger partial charge in [-0.25, -0.2) is 14.3 Å². The van der Waals surface area contributed by atoms with Crippen LogP contribution >= 0.6 is 0 Å². The summed E-state index contributed by atoms with van der Waals surface area (Å²) in [6.07, 6.45) is -1.50. The van der Waals surface area contributed by atoms with Crippen molar-refractivity contribution in [3.8, 4) is 5.69 Å². The quantitative estimate of drug-likeness (QED) is 0.618. The number of aliphatic hydroxyl groups excluding tert-OH is 1. The highest BCUT2D eigenvalue weighted by molar-refractivity contribution is 5.91. The summed E-state index contributed by atoms with van der Waals surface area (Å²) in [7, 11) is 0. The SMILES string of the molecule is CCOC(=O)c1cnn(-c2ccc(NC(=O)NC3CCCCC3O)cc2)c1C(F)(F)F. The number of hydrogen-bond acceptors (Lipinski definition) is 5. The van der Waals surface area contributed by atoms with E-state index in [4.69, 9.17) is 0 Å². The number of anilines is 1. The molecule has 1 aliphatic carbocycles. The largest absolute Gasteiger partial charge is 0.462 e. The first kappa shape index (κ1) is 22.6. The van der Waals surface area contributed by atoms with Gasteiger partial charge in [-0.2, -0.15) is 18.3 Å². The Labute approximate surface area is 176 Å². The molecule has 2 atom stereocenters. The minimum atomic E-state index is -4.84. The first-order valence-corrected chi connectivity index (χ1v) is 9.89. The average molecular weight is 440 g/mol. The van der Waals surface area contributed by atoms with Crippen molar-refractivity contribution in [2.75, 3.05) is 11.9 Å². The Morgan fingerprint density at radius 2 is 1.90 bits per heavy atom. The first-order chi connectivity index (χ1) is 14.7. The molecule has 1 aromatic carbocycles. The van der Waals surface area contributed by atoms with Crippen LogP contribution in [0.15, 0.2) is 30.5 Å². The van der Waals surface area contributed by atoms with E-state index in [0.717, 1.165) is 19.0 Å². The standard InChI is InChI=1S/C20H23F3N4O4/c1-2-31-18(29)14-11-24-27(17(14)20(21,22)23)13-9-7-12(8-10-13)25-19(30)26-15-5-3-4-6-16(15)28/h7-11,15-16,28H,2-6H2,1H3,(H2,25,26,30). The molecule has 1 heterocycles. The van der Waals surface area contributed by atoms with Crippen molar-refractivity contribution < 1.29 is 32.6 Å². The Bertz CT molecular complexity index is 927. The summed E-state index contributed by atoms with van der Waals surface area (Å²) in [6.45, 7) is 1.42. The second-order valence-electron chi connectivity index (χ2n) is 7.14. The third-order valence-electron chi connectivity index (χ3n) is 4.95. The van der Waals surface area contributed by atoms with Crippen LogP contribution in [-0.4, -0.2) is 45.6 Å². The van der Waals surface area contributed by atoms with Crippen molar-refractivity contribution in [3.63, 3.8) is 0 Å². The van der Waals surface area contributed by atoms with Crippen LogP contribution in [0.4, 0.5) is 23.7 Å². The summed E-state index contributed by atoms with van der Waals surface area (Å²) >= 11 is 0. The van der Waals surface area contributed by atoms with Gasteiger partial charge in [0.1, 0.15) is 5.56 Å². The second-order valence-corrected chi connectivity index (χ2v) is 7.14. The summed E-state index contributed by atoms with van der Waals surface area (Å²) in [4.78, 5) is 24.0. The molecule has 2 aromatic rings. The number of aliphatic hydroxyl groups is 1. The van der Waals surface area contributed by atoms with E-state index in [9.17, 15) is 27.9 Å². The Morgan fingerprint density at radius 3 is 2.52 bits per heavy atom. The first-order valence-electron chi connectivity index (χ1n) is 9.89. The third kappa shape index (κ3) is 5.35. The van der Waals surface area contributed by atoms with Gasteiger partial charge in [0.15, 0.2) is 5.69 Å². The Balaban J connectivity index is 1.75. The van der Waals surface area contributed by atoms with Crippen LogP contribution in [0.3, 0.4) is 0 Å². The number of carbonyl (C=O) groups is 2. The van der Waals surface area contributed by atoms with Gasteiger partial charge < -0.3 is 20.5 Å². The smallest absolute Gasteiger partial charge is 0.434 e. The van der Waals surface area contributed by atoms with Crippen LogP contribution in [0, 0.1) is 0 Å². The van der Waals surface area contributed by atoms with E-state index in [-0.39, 0.29) is 18.3 Å². The lowest BCUT2D eigenvalue weighted by Crippen LogP contribution is -2.46. The molecule has 0 bridgehead atoms. The minimum absolute atomic E-state index is 0.0523. The normalized spacial score (nSPS) is 19.0. The summed E-state index contributed by atoms with van der Waals surface area (Å²) in [5.41, 5.74) is -1.52. The summed E-state index contributed by atoms with van der Waals surface area (Å²) in [5.74, 6) is -1.11. The maximum absolute atomic E-state index is 13.6. The van der Waals surface area contributed by atoms with Crippen LogP contribution in [0.2, 0.25) is 0 Å². The molecule has 11 heteroatoms. The van der Waals surface area contributed by atoms with Gasteiger partial charge in [0.25, 0.3) is 0 Å². The van der Waals surface area contributed by atoms with E-state index in [2.05, 4.69) is 20.5 Å². The van der Waals surface area contributed by atoms with Crippen LogP contribution in [0.5, 0.6) is 0 Å². The van der Waals surface area contributed by atoms with Crippen LogP contribution in [-0.2, 0) is 10.9 Å². The molecule has 168 valence electrons. The lowest BCUT2D eigenvalue weighted by atomic mass is 9.93. The molecule has 1 saturated carbocycles. The van der Waals surface area contributed by atoms with Crippen molar-refractivity contribution in [2.45, 2.75) is 50.9 Å². The summed E-state index contributed by atoms with van der Waals surface area (Å²) in [5, 5.41) is 18.9. The highest BCUT2D eigenvalue weighted by atomic mass is 19.4. The number of carbonyl (C=O) groups excluding carboxylic acids is 2. The van der Waals surface area contributed by atoms with Crippen LogP contribution in [0.25, 0.3) is 5.69 Å². The molecule has 0 saturated heterocycles. The molecule has 31 heavy (non-hydrogen) atoms. The zero-order valence-electron chi connectivity index (χ0n) is 16.8. The molecule has 8 nitrogen and oxygen atoms in total. The molecular formula is C20H23F3N4O4. The van der Waals surface area contributed by atoms with Crippen molar-refractivity contribution in [3.05, 3.63) is 41.7 Å². The molecule has 0 aliphatic heterocycles. The number of nitrogens with one attached hydrogen (secondary N) is 2. The van der Waals surface area contributed by atoms with Crippen LogP contribution in [0.1, 0.15) is 48.7 Å². The minimum Gasteiger partial charge on any atom is -0.462 e. The van der Waals surface area contributed by atoms with Gasteiger partial charge in [-0.05, 0) is 44.0 Å². The number of esters is 1. The van der Waals surface area contributed by atoms with E-state index >= 15 is 0 Å². The number of halogens is 3. The Morgan fingerprint density at radius 1 is 1.23 bits per heavy atom. The fourth-order valence-electron chi connectivity index (χ4n) is 3.48. The lowest BCUT2D eigenvalue weighted by molar-refractivity contribution is -0.143.